The Morgan fingerprint density at radius 1 is 1.00 bits per heavy atom. The van der Waals surface area contributed by atoms with E-state index in [0.717, 1.165) is 0 Å². The number of sulfonamides is 1. The van der Waals surface area contributed by atoms with Gasteiger partial charge in [0.2, 0.25) is 0 Å². The second kappa shape index (κ2) is 7.59. The van der Waals surface area contributed by atoms with Crippen molar-refractivity contribution in [3.05, 3.63) is 70.7 Å². The van der Waals surface area contributed by atoms with Crippen LogP contribution in [0.4, 0.5) is 5.69 Å². The van der Waals surface area contributed by atoms with Crippen LogP contribution in [0.15, 0.2) is 90.7 Å². The maximum absolute atomic E-state index is 12.6. The highest BCUT2D eigenvalue weighted by Crippen LogP contribution is 2.48. The molecule has 3 aromatic rings. The second-order valence-corrected chi connectivity index (χ2v) is 10.3. The molecule has 0 aliphatic carbocycles. The molecule has 0 saturated carbocycles. The Bertz CT molecular complexity index is 1130. The van der Waals surface area contributed by atoms with Crippen molar-refractivity contribution in [3.63, 3.8) is 0 Å². The number of nitrogens with one attached hydrogen (secondary N) is 1. The number of anilines is 1. The van der Waals surface area contributed by atoms with Crippen molar-refractivity contribution in [2.24, 2.45) is 20.7 Å². The van der Waals surface area contributed by atoms with E-state index in [2.05, 4.69) is 30.4 Å². The van der Waals surface area contributed by atoms with Crippen molar-refractivity contribution >= 4 is 50.4 Å². The van der Waals surface area contributed by atoms with E-state index >= 15 is 0 Å². The van der Waals surface area contributed by atoms with Crippen molar-refractivity contribution in [1.29, 1.82) is 0 Å². The first kappa shape index (κ1) is 19.0. The number of aromatic nitrogens is 1. The fourth-order valence-electron chi connectivity index (χ4n) is 2.38. The normalized spacial score (nSPS) is 15.0. The molecule has 0 unspecified atom stereocenters. The topological polar surface area (TPSA) is 108 Å². The van der Waals surface area contributed by atoms with Gasteiger partial charge < -0.3 is 0 Å². The molecule has 0 saturated heterocycles. The van der Waals surface area contributed by atoms with Crippen LogP contribution < -0.4 is 4.72 Å². The average Bonchev–Trinajstić information content (AvgIpc) is 3.32. The van der Waals surface area contributed by atoms with E-state index in [-0.39, 0.29) is 4.90 Å². The number of thioether (sulfide) groups is 1. The van der Waals surface area contributed by atoms with Crippen LogP contribution in [-0.2, 0) is 15.0 Å². The molecule has 28 heavy (non-hydrogen) atoms. The van der Waals surface area contributed by atoms with E-state index in [1.807, 2.05) is 6.07 Å². The van der Waals surface area contributed by atoms with Gasteiger partial charge in [-0.1, -0.05) is 53.3 Å². The molecule has 0 fully saturated rings. The molecule has 1 aliphatic heterocycles. The minimum atomic E-state index is -3.72. The maximum atomic E-state index is 12.6. The molecule has 0 atom stereocenters. The highest BCUT2D eigenvalue weighted by atomic mass is 35.5. The van der Waals surface area contributed by atoms with Gasteiger partial charge in [-0.3, -0.25) is 4.72 Å². The molecular formula is C16H11ClN6O2S3. The lowest BCUT2D eigenvalue weighted by atomic mass is 10.2. The summed E-state index contributed by atoms with van der Waals surface area (Å²) in [6, 6.07) is 14.9. The molecule has 142 valence electrons. The Kier molecular flexibility index (Phi) is 5.15. The molecule has 4 rings (SSSR count). The first-order chi connectivity index (χ1) is 13.5. The predicted octanol–water partition coefficient (Wildman–Crippen LogP) is 5.33. The Hall–Kier alpha value is -2.34. The Morgan fingerprint density at radius 3 is 2.29 bits per heavy atom. The number of nitrogens with zero attached hydrogens (tertiary/aromatic N) is 5. The Balaban J connectivity index is 1.61. The molecule has 0 bridgehead atoms. The third kappa shape index (κ3) is 3.92. The summed E-state index contributed by atoms with van der Waals surface area (Å²) in [6.07, 6.45) is 1.54. The van der Waals surface area contributed by atoms with Crippen molar-refractivity contribution in [1.82, 2.24) is 4.98 Å². The molecule has 0 radical (unpaired) electrons. The summed E-state index contributed by atoms with van der Waals surface area (Å²) >= 11 is 8.45. The van der Waals surface area contributed by atoms with E-state index < -0.39 is 15.0 Å². The van der Waals surface area contributed by atoms with Crippen LogP contribution in [0.5, 0.6) is 0 Å². The third-order valence-corrected chi connectivity index (χ3v) is 7.42. The first-order valence-corrected chi connectivity index (χ1v) is 11.3. The number of thiazole rings is 1. The van der Waals surface area contributed by atoms with E-state index in [1.165, 1.54) is 41.4 Å². The van der Waals surface area contributed by atoms with Crippen molar-refractivity contribution < 1.29 is 8.42 Å². The fourth-order valence-corrected chi connectivity index (χ4v) is 5.76. The van der Waals surface area contributed by atoms with Crippen LogP contribution in [-0.4, -0.2) is 13.4 Å². The molecule has 1 aliphatic rings. The second-order valence-electron chi connectivity index (χ2n) is 5.52. The van der Waals surface area contributed by atoms with E-state index in [9.17, 15) is 8.42 Å². The average molecular weight is 451 g/mol. The lowest BCUT2D eigenvalue weighted by Crippen LogP contribution is -2.15. The highest BCUT2D eigenvalue weighted by Gasteiger charge is 2.38. The molecule has 1 aromatic heterocycles. The van der Waals surface area contributed by atoms with Crippen molar-refractivity contribution in [3.8, 4) is 0 Å². The summed E-state index contributed by atoms with van der Waals surface area (Å²) in [5.41, 5.74) is 1.10. The summed E-state index contributed by atoms with van der Waals surface area (Å²) in [4.78, 5) is 3.15. The molecule has 0 spiro atoms. The third-order valence-electron chi connectivity index (χ3n) is 3.65. The fraction of sp³-hybridized carbons (Fsp3) is 0.0625. The number of halogens is 1. The minimum absolute atomic E-state index is 0.115. The van der Waals surface area contributed by atoms with Gasteiger partial charge in [0, 0.05) is 11.3 Å². The summed E-state index contributed by atoms with van der Waals surface area (Å²) in [5.74, 6) is 0. The van der Waals surface area contributed by atoms with E-state index in [0.29, 0.717) is 19.9 Å². The summed E-state index contributed by atoms with van der Waals surface area (Å²) < 4.78 is 28.9. The zero-order chi connectivity index (χ0) is 19.6. The monoisotopic (exact) mass is 450 g/mol. The van der Waals surface area contributed by atoms with Crippen LogP contribution in [0, 0.1) is 0 Å². The number of benzene rings is 2. The lowest BCUT2D eigenvalue weighted by molar-refractivity contribution is 0.601. The molecule has 2 aromatic carbocycles. The predicted molar refractivity (Wildman–Crippen MR) is 108 cm³/mol. The summed E-state index contributed by atoms with van der Waals surface area (Å²) in [7, 11) is -3.72. The Labute approximate surface area is 173 Å². The van der Waals surface area contributed by atoms with Crippen molar-refractivity contribution in [2.45, 2.75) is 14.2 Å². The number of rotatable bonds is 6. The largest absolute Gasteiger partial charge is 0.280 e. The van der Waals surface area contributed by atoms with Gasteiger partial charge in [-0.05, 0) is 46.5 Å². The molecular weight excluding hydrogens is 440 g/mol. The zero-order valence-corrected chi connectivity index (χ0v) is 17.1. The zero-order valence-electron chi connectivity index (χ0n) is 13.9. The number of hydrogen-bond donors (Lipinski definition) is 1. The van der Waals surface area contributed by atoms with Gasteiger partial charge in [-0.25, -0.2) is 13.4 Å². The molecule has 2 heterocycles. The van der Waals surface area contributed by atoms with Crippen LogP contribution in [0.3, 0.4) is 0 Å². The number of hydrogen-bond acceptors (Lipinski definition) is 9. The summed E-state index contributed by atoms with van der Waals surface area (Å²) in [6.45, 7) is 0. The lowest BCUT2D eigenvalue weighted by Gasteiger charge is -2.18. The summed E-state index contributed by atoms with van der Waals surface area (Å²) in [5, 5.41) is 15.5. The molecule has 12 heteroatoms. The van der Waals surface area contributed by atoms with Gasteiger partial charge in [0.05, 0.1) is 11.1 Å². The van der Waals surface area contributed by atoms with E-state index in [1.54, 1.807) is 36.4 Å². The quantitative estimate of drug-likeness (QED) is 0.547. The highest BCUT2D eigenvalue weighted by molar-refractivity contribution is 8.01. The molecule has 1 N–H and O–H groups in total. The smallest absolute Gasteiger partial charge is 0.272 e. The van der Waals surface area contributed by atoms with Crippen LogP contribution in [0.2, 0.25) is 4.34 Å². The van der Waals surface area contributed by atoms with Gasteiger partial charge in [-0.2, -0.15) is 0 Å². The number of para-hydroxylation sites is 1. The molecule has 0 amide bonds. The maximum Gasteiger partial charge on any atom is 0.272 e. The Morgan fingerprint density at radius 2 is 1.68 bits per heavy atom. The van der Waals surface area contributed by atoms with Crippen LogP contribution in [0.1, 0.15) is 5.56 Å². The first-order valence-electron chi connectivity index (χ1n) is 7.80. The SMILES string of the molecule is O=S(=O)(Nc1ccccc1)c1ccc(C2(Sc3ncc(Cl)s3)N=NN=N2)cc1. The minimum Gasteiger partial charge on any atom is -0.280 e. The molecule has 8 nitrogen and oxygen atoms in total. The van der Waals surface area contributed by atoms with Gasteiger partial charge in [0.1, 0.15) is 4.34 Å². The van der Waals surface area contributed by atoms with Gasteiger partial charge in [-0.15, -0.1) is 10.2 Å². The van der Waals surface area contributed by atoms with Gasteiger partial charge in [0.25, 0.3) is 15.0 Å². The van der Waals surface area contributed by atoms with Crippen LogP contribution in [0.25, 0.3) is 0 Å². The van der Waals surface area contributed by atoms with Gasteiger partial charge in [0.15, 0.2) is 4.34 Å². The van der Waals surface area contributed by atoms with E-state index in [4.69, 9.17) is 11.6 Å². The van der Waals surface area contributed by atoms with Crippen LogP contribution >= 0.6 is 34.7 Å². The van der Waals surface area contributed by atoms with Gasteiger partial charge >= 0.3 is 0 Å². The van der Waals surface area contributed by atoms with Crippen molar-refractivity contribution in [2.75, 3.05) is 4.72 Å². The standard InChI is InChI=1S/C16H11ClN6O2S3/c17-14-10-18-15(26-14)27-16(20-22-23-21-16)11-6-8-13(9-7-11)28(24,25)19-12-4-2-1-3-5-12/h1-10,19H.